The number of carbonyl (C=O) groups is 2. The Kier molecular flexibility index (Phi) is 20.7. The van der Waals surface area contributed by atoms with Gasteiger partial charge in [-0.15, -0.1) is 0 Å². The van der Waals surface area contributed by atoms with Crippen LogP contribution in [0.2, 0.25) is 0 Å². The van der Waals surface area contributed by atoms with Crippen molar-refractivity contribution in [3.8, 4) is 57.2 Å². The van der Waals surface area contributed by atoms with Gasteiger partial charge in [-0.25, -0.2) is 24.5 Å². The first-order valence-corrected chi connectivity index (χ1v) is 27.2. The molecule has 2 fully saturated rings. The van der Waals surface area contributed by atoms with Gasteiger partial charge in [0, 0.05) is 65.5 Å². The fraction of sp³-hybridized carbons (Fsp3) is 0.610. The van der Waals surface area contributed by atoms with Crippen molar-refractivity contribution in [3.05, 3.63) is 66.7 Å². The smallest absolute Gasteiger partial charge is 0.344 e. The molecule has 2 saturated heterocycles. The largest absolute Gasteiger partial charge is 0.507 e. The molecule has 0 aliphatic carbocycles. The summed E-state index contributed by atoms with van der Waals surface area (Å²) >= 11 is 0. The van der Waals surface area contributed by atoms with Crippen LogP contribution in [0, 0.1) is 0 Å². The predicted molar refractivity (Wildman–Crippen MR) is 287 cm³/mol. The van der Waals surface area contributed by atoms with Gasteiger partial charge in [-0.1, -0.05) is 108 Å². The number of hydroxylamine groups is 4. The maximum Gasteiger partial charge on any atom is 0.344 e. The number of piperidine rings is 2. The standard InChI is InChI=1S/C59H85N5O10/c1-11-13-15-17-19-24-32-71-63-56(3,4)36-45(37-57(63,5)6)73-51(67)40-69-43-28-30-47(49(65)34-43)54-60-53(42-26-22-21-23-27-42)61-55(62-54)48-31-29-44(35-50(48)66)70-41-52(68)74-46-38-58(7,8)64(59(9,10)39-46)72-33-25-20-18-16-14-12-2/h21-23,26-31,34-35,45-46,65-66H,11-20,24-25,32-33,36-41H2,1-10H3. The molecule has 74 heavy (non-hydrogen) atoms. The quantitative estimate of drug-likeness (QED) is 0.0426. The monoisotopic (exact) mass is 1020 g/mol. The second-order valence-corrected chi connectivity index (χ2v) is 22.7. The van der Waals surface area contributed by atoms with Crippen molar-refractivity contribution in [2.24, 2.45) is 0 Å². The molecule has 0 unspecified atom stereocenters. The van der Waals surface area contributed by atoms with Crippen LogP contribution >= 0.6 is 0 Å². The second kappa shape index (κ2) is 26.4. The van der Waals surface area contributed by atoms with E-state index in [-0.39, 0.29) is 93.4 Å². The summed E-state index contributed by atoms with van der Waals surface area (Å²) in [7, 11) is 0. The molecule has 406 valence electrons. The zero-order valence-electron chi connectivity index (χ0n) is 46.0. The SMILES string of the molecule is CCCCCCCCON1C(C)(C)CC(OC(=O)COc2ccc(-c3nc(-c4ccccc4)nc(-c4ccc(OCC(=O)OC5CC(C)(C)N(OCCCCCCCC)C(C)(C)C5)cc4O)n3)c(O)c2)CC1(C)C. The van der Waals surface area contributed by atoms with Crippen molar-refractivity contribution in [2.75, 3.05) is 26.4 Å². The van der Waals surface area contributed by atoms with E-state index in [2.05, 4.69) is 84.3 Å². The number of rotatable bonds is 27. The lowest BCUT2D eigenvalue weighted by molar-refractivity contribution is -0.293. The zero-order chi connectivity index (χ0) is 53.5. The van der Waals surface area contributed by atoms with Crippen LogP contribution in [0.4, 0.5) is 0 Å². The topological polar surface area (TPSA) is 175 Å². The molecule has 6 rings (SSSR count). The number of aromatic hydroxyl groups is 2. The highest BCUT2D eigenvalue weighted by Gasteiger charge is 2.49. The van der Waals surface area contributed by atoms with Crippen LogP contribution in [-0.4, -0.2) is 108 Å². The van der Waals surface area contributed by atoms with Crippen molar-refractivity contribution in [3.63, 3.8) is 0 Å². The number of esters is 2. The van der Waals surface area contributed by atoms with Crippen molar-refractivity contribution >= 4 is 11.9 Å². The Hall–Kier alpha value is -5.35. The van der Waals surface area contributed by atoms with E-state index < -0.39 is 11.9 Å². The lowest BCUT2D eigenvalue weighted by Gasteiger charge is -2.53. The highest BCUT2D eigenvalue weighted by molar-refractivity contribution is 5.74. The number of unbranched alkanes of at least 4 members (excludes halogenated alkanes) is 10. The van der Waals surface area contributed by atoms with Crippen LogP contribution in [0.1, 0.15) is 172 Å². The van der Waals surface area contributed by atoms with Crippen molar-refractivity contribution in [1.82, 2.24) is 25.1 Å². The second-order valence-electron chi connectivity index (χ2n) is 22.7. The summed E-state index contributed by atoms with van der Waals surface area (Å²) in [6.45, 7) is 22.0. The molecule has 3 heterocycles. The number of ether oxygens (including phenoxy) is 4. The summed E-state index contributed by atoms with van der Waals surface area (Å²) in [5.74, 6) is -0.350. The van der Waals surface area contributed by atoms with Gasteiger partial charge in [0.05, 0.1) is 24.3 Å². The number of hydrogen-bond donors (Lipinski definition) is 2. The molecule has 4 aromatic rings. The minimum absolute atomic E-state index is 0.133. The van der Waals surface area contributed by atoms with E-state index in [1.165, 1.54) is 63.5 Å². The number of carbonyl (C=O) groups excluding carboxylic acids is 2. The van der Waals surface area contributed by atoms with E-state index in [1.54, 1.807) is 24.3 Å². The fourth-order valence-electron chi connectivity index (χ4n) is 10.9. The lowest BCUT2D eigenvalue weighted by Crippen LogP contribution is -2.62. The summed E-state index contributed by atoms with van der Waals surface area (Å²) in [6, 6.07) is 18.5. The number of nitrogens with zero attached hydrogens (tertiary/aromatic N) is 5. The van der Waals surface area contributed by atoms with Gasteiger partial charge in [-0.3, -0.25) is 9.68 Å². The molecule has 15 nitrogen and oxygen atoms in total. The predicted octanol–water partition coefficient (Wildman–Crippen LogP) is 12.8. The van der Waals surface area contributed by atoms with Crippen LogP contribution in [0.15, 0.2) is 66.7 Å². The van der Waals surface area contributed by atoms with E-state index in [4.69, 9.17) is 38.6 Å². The molecule has 3 aromatic carbocycles. The van der Waals surface area contributed by atoms with Gasteiger partial charge in [-0.2, -0.15) is 10.1 Å². The Labute approximate surface area is 440 Å². The number of phenols is 2. The first-order chi connectivity index (χ1) is 35.2. The molecule has 15 heteroatoms. The molecule has 2 N–H and O–H groups in total. The van der Waals surface area contributed by atoms with E-state index in [1.807, 2.05) is 30.3 Å². The first-order valence-electron chi connectivity index (χ1n) is 27.2. The highest BCUT2D eigenvalue weighted by Crippen LogP contribution is 2.42. The van der Waals surface area contributed by atoms with Crippen LogP contribution < -0.4 is 9.47 Å². The molecular weight excluding hydrogens is 939 g/mol. The summed E-state index contributed by atoms with van der Waals surface area (Å²) in [5, 5.41) is 26.9. The number of hydrogen-bond acceptors (Lipinski definition) is 15. The van der Waals surface area contributed by atoms with Gasteiger partial charge in [0.2, 0.25) is 0 Å². The minimum Gasteiger partial charge on any atom is -0.507 e. The Morgan fingerprint density at radius 2 is 0.878 bits per heavy atom. The van der Waals surface area contributed by atoms with Gasteiger partial charge in [0.25, 0.3) is 0 Å². The minimum atomic E-state index is -0.512. The Morgan fingerprint density at radius 1 is 0.514 bits per heavy atom. The zero-order valence-corrected chi connectivity index (χ0v) is 46.0. The molecular formula is C59H85N5O10. The third-order valence-electron chi connectivity index (χ3n) is 13.9. The van der Waals surface area contributed by atoms with Gasteiger partial charge >= 0.3 is 11.9 Å². The summed E-state index contributed by atoms with van der Waals surface area (Å²) in [5.41, 5.74) is -0.226. The maximum absolute atomic E-state index is 13.2. The average molecular weight is 1020 g/mol. The lowest BCUT2D eigenvalue weighted by atomic mass is 9.80. The third-order valence-corrected chi connectivity index (χ3v) is 13.9. The summed E-state index contributed by atoms with van der Waals surface area (Å²) < 4.78 is 23.6. The maximum atomic E-state index is 13.2. The Bertz CT molecular complexity index is 2250. The fourth-order valence-corrected chi connectivity index (χ4v) is 10.9. The molecule has 2 aliphatic rings. The van der Waals surface area contributed by atoms with Crippen LogP contribution in [0.3, 0.4) is 0 Å². The first kappa shape index (κ1) is 57.9. The van der Waals surface area contributed by atoms with Crippen molar-refractivity contribution < 1.29 is 48.4 Å². The van der Waals surface area contributed by atoms with Gasteiger partial charge in [0.1, 0.15) is 35.2 Å². The van der Waals surface area contributed by atoms with Crippen molar-refractivity contribution in [2.45, 2.75) is 206 Å². The molecule has 0 amide bonds. The van der Waals surface area contributed by atoms with Crippen molar-refractivity contribution in [1.29, 1.82) is 0 Å². The molecule has 0 saturated carbocycles. The molecule has 0 spiro atoms. The number of aromatic nitrogens is 3. The summed E-state index contributed by atoms with van der Waals surface area (Å²) in [4.78, 5) is 53.2. The van der Waals surface area contributed by atoms with Gasteiger partial charge < -0.3 is 29.2 Å². The molecule has 0 radical (unpaired) electrons. The Morgan fingerprint density at radius 3 is 1.26 bits per heavy atom. The molecule has 0 bridgehead atoms. The number of benzene rings is 3. The van der Waals surface area contributed by atoms with E-state index in [0.29, 0.717) is 50.3 Å². The third kappa shape index (κ3) is 16.3. The van der Waals surface area contributed by atoms with Crippen LogP contribution in [-0.2, 0) is 28.7 Å². The van der Waals surface area contributed by atoms with E-state index in [0.717, 1.165) is 25.7 Å². The number of phenolic OH excluding ortho intramolecular Hbond substituents is 2. The van der Waals surface area contributed by atoms with Gasteiger partial charge in [-0.05, 0) is 92.5 Å². The molecule has 1 aromatic heterocycles. The van der Waals surface area contributed by atoms with Crippen LogP contribution in [0.5, 0.6) is 23.0 Å². The highest BCUT2D eigenvalue weighted by atomic mass is 16.7. The summed E-state index contributed by atoms with van der Waals surface area (Å²) in [6.07, 6.45) is 16.1. The average Bonchev–Trinajstić information content (AvgIpc) is 3.33. The Balaban J connectivity index is 1.05. The normalized spacial score (nSPS) is 17.7. The van der Waals surface area contributed by atoms with Gasteiger partial charge in [0.15, 0.2) is 30.7 Å². The van der Waals surface area contributed by atoms with Crippen LogP contribution in [0.25, 0.3) is 34.2 Å². The molecule has 2 aliphatic heterocycles. The molecule has 0 atom stereocenters. The van der Waals surface area contributed by atoms with E-state index in [9.17, 15) is 19.8 Å². The van der Waals surface area contributed by atoms with E-state index >= 15 is 0 Å².